The molecule has 1 rings (SSSR count). The van der Waals surface area contributed by atoms with Gasteiger partial charge in [0.05, 0.1) is 5.71 Å². The van der Waals surface area contributed by atoms with Gasteiger partial charge in [0.15, 0.2) is 0 Å². The number of benzene rings is 1. The first-order valence-corrected chi connectivity index (χ1v) is 6.12. The maximum atomic E-state index is 11.4. The summed E-state index contributed by atoms with van der Waals surface area (Å²) < 4.78 is 0. The Bertz CT molecular complexity index is 371. The Hall–Kier alpha value is -1.64. The molecule has 0 fully saturated rings. The predicted octanol–water partition coefficient (Wildman–Crippen LogP) is 3.11. The molecule has 0 aliphatic heterocycles. The zero-order valence-corrected chi connectivity index (χ0v) is 10.6. The first-order chi connectivity index (χ1) is 8.24. The van der Waals surface area contributed by atoms with Crippen LogP contribution in [0.15, 0.2) is 35.4 Å². The van der Waals surface area contributed by atoms with Crippen LogP contribution in [0, 0.1) is 0 Å². The van der Waals surface area contributed by atoms with Crippen molar-refractivity contribution in [3.8, 4) is 0 Å². The minimum Gasteiger partial charge on any atom is -0.273 e. The molecule has 0 aliphatic carbocycles. The van der Waals surface area contributed by atoms with Crippen LogP contribution in [0.4, 0.5) is 0 Å². The third-order valence-electron chi connectivity index (χ3n) is 2.55. The number of hydrogen-bond donors (Lipinski definition) is 1. The van der Waals surface area contributed by atoms with Crippen molar-refractivity contribution in [1.82, 2.24) is 5.43 Å². The number of nitrogens with zero attached hydrogens (tertiary/aromatic N) is 1. The smallest absolute Gasteiger partial charge is 0.240 e. The van der Waals surface area contributed by atoms with E-state index < -0.39 is 0 Å². The summed E-state index contributed by atoms with van der Waals surface area (Å²) in [7, 11) is 0. The fraction of sp³-hybridized carbons (Fsp3) is 0.429. The van der Waals surface area contributed by atoms with Gasteiger partial charge < -0.3 is 0 Å². The Morgan fingerprint density at radius 1 is 1.24 bits per heavy atom. The highest BCUT2D eigenvalue weighted by Gasteiger charge is 2.00. The normalized spacial score (nSPS) is 11.3. The van der Waals surface area contributed by atoms with Crippen LogP contribution in [0.3, 0.4) is 0 Å². The van der Waals surface area contributed by atoms with E-state index in [1.165, 1.54) is 0 Å². The van der Waals surface area contributed by atoms with E-state index in [0.717, 1.165) is 30.5 Å². The summed E-state index contributed by atoms with van der Waals surface area (Å²) >= 11 is 0. The molecule has 0 saturated carbocycles. The lowest BCUT2D eigenvalue weighted by Gasteiger charge is -2.02. The number of hydrogen-bond acceptors (Lipinski definition) is 2. The molecule has 0 heterocycles. The Morgan fingerprint density at radius 2 is 1.94 bits per heavy atom. The number of carbonyl (C=O) groups excluding carboxylic acids is 1. The van der Waals surface area contributed by atoms with E-state index in [0.29, 0.717) is 6.42 Å². The molecule has 1 aromatic carbocycles. The van der Waals surface area contributed by atoms with Gasteiger partial charge in [0.2, 0.25) is 5.91 Å². The molecule has 0 saturated heterocycles. The SMILES string of the molecule is CCCCCC(=O)NN=C(C)c1ccccc1. The second-order valence-corrected chi connectivity index (χ2v) is 4.06. The number of hydrazone groups is 1. The van der Waals surface area contributed by atoms with Crippen molar-refractivity contribution in [2.75, 3.05) is 0 Å². The van der Waals surface area contributed by atoms with E-state index in [1.807, 2.05) is 37.3 Å². The minimum atomic E-state index is -0.00580. The van der Waals surface area contributed by atoms with Gasteiger partial charge in [-0.05, 0) is 18.9 Å². The van der Waals surface area contributed by atoms with Crippen molar-refractivity contribution < 1.29 is 4.79 Å². The van der Waals surface area contributed by atoms with Gasteiger partial charge in [0.1, 0.15) is 0 Å². The highest BCUT2D eigenvalue weighted by atomic mass is 16.2. The molecule has 0 aliphatic rings. The van der Waals surface area contributed by atoms with Crippen LogP contribution in [-0.4, -0.2) is 11.6 Å². The minimum absolute atomic E-state index is 0.00580. The Balaban J connectivity index is 2.40. The van der Waals surface area contributed by atoms with Gasteiger partial charge in [0.25, 0.3) is 0 Å². The van der Waals surface area contributed by atoms with Crippen molar-refractivity contribution in [1.29, 1.82) is 0 Å². The molecule has 1 amide bonds. The molecule has 3 nitrogen and oxygen atoms in total. The van der Waals surface area contributed by atoms with E-state index in [-0.39, 0.29) is 5.91 Å². The largest absolute Gasteiger partial charge is 0.273 e. The van der Waals surface area contributed by atoms with Crippen molar-refractivity contribution in [3.63, 3.8) is 0 Å². The zero-order valence-electron chi connectivity index (χ0n) is 10.6. The quantitative estimate of drug-likeness (QED) is 0.457. The standard InChI is InChI=1S/C14H20N2O/c1-3-4-6-11-14(17)16-15-12(2)13-9-7-5-8-10-13/h5,7-10H,3-4,6,11H2,1-2H3,(H,16,17). The summed E-state index contributed by atoms with van der Waals surface area (Å²) in [5.41, 5.74) is 4.45. The fourth-order valence-electron chi connectivity index (χ4n) is 1.48. The summed E-state index contributed by atoms with van der Waals surface area (Å²) in [4.78, 5) is 11.4. The third-order valence-corrected chi connectivity index (χ3v) is 2.55. The third kappa shape index (κ3) is 5.29. The molecule has 17 heavy (non-hydrogen) atoms. The Kier molecular flexibility index (Phi) is 6.00. The monoisotopic (exact) mass is 232 g/mol. The number of amides is 1. The first kappa shape index (κ1) is 13.4. The van der Waals surface area contributed by atoms with E-state index in [2.05, 4.69) is 17.5 Å². The van der Waals surface area contributed by atoms with Crippen molar-refractivity contribution in [2.24, 2.45) is 5.10 Å². The van der Waals surface area contributed by atoms with Crippen LogP contribution in [-0.2, 0) is 4.79 Å². The summed E-state index contributed by atoms with van der Waals surface area (Å²) in [5.74, 6) is -0.00580. The molecular formula is C14H20N2O. The summed E-state index contributed by atoms with van der Waals surface area (Å²) in [6.45, 7) is 4.01. The predicted molar refractivity (Wildman–Crippen MR) is 70.9 cm³/mol. The van der Waals surface area contributed by atoms with Gasteiger partial charge >= 0.3 is 0 Å². The second-order valence-electron chi connectivity index (χ2n) is 4.06. The molecule has 0 bridgehead atoms. The molecule has 3 heteroatoms. The number of nitrogens with one attached hydrogen (secondary N) is 1. The Labute approximate surface area is 103 Å². The van der Waals surface area contributed by atoms with Gasteiger partial charge in [-0.3, -0.25) is 4.79 Å². The number of rotatable bonds is 6. The van der Waals surface area contributed by atoms with Crippen LogP contribution in [0.25, 0.3) is 0 Å². The van der Waals surface area contributed by atoms with Gasteiger partial charge in [0, 0.05) is 6.42 Å². The number of unbranched alkanes of at least 4 members (excludes halogenated alkanes) is 2. The highest BCUT2D eigenvalue weighted by Crippen LogP contribution is 2.01. The molecule has 0 radical (unpaired) electrons. The van der Waals surface area contributed by atoms with Crippen molar-refractivity contribution >= 4 is 11.6 Å². The van der Waals surface area contributed by atoms with Gasteiger partial charge in [-0.25, -0.2) is 5.43 Å². The molecule has 1 N–H and O–H groups in total. The second kappa shape index (κ2) is 7.60. The highest BCUT2D eigenvalue weighted by molar-refractivity contribution is 5.99. The molecule has 0 atom stereocenters. The van der Waals surface area contributed by atoms with Crippen molar-refractivity contribution in [2.45, 2.75) is 39.5 Å². The van der Waals surface area contributed by atoms with Crippen LogP contribution >= 0.6 is 0 Å². The van der Waals surface area contributed by atoms with Gasteiger partial charge in [-0.2, -0.15) is 5.10 Å². The lowest BCUT2D eigenvalue weighted by molar-refractivity contribution is -0.121. The fourth-order valence-corrected chi connectivity index (χ4v) is 1.48. The summed E-state index contributed by atoms with van der Waals surface area (Å²) in [6.07, 6.45) is 3.70. The molecule has 1 aromatic rings. The molecule has 0 spiro atoms. The molecule has 0 aromatic heterocycles. The topological polar surface area (TPSA) is 41.5 Å². The van der Waals surface area contributed by atoms with E-state index in [4.69, 9.17) is 0 Å². The maximum absolute atomic E-state index is 11.4. The van der Waals surface area contributed by atoms with E-state index >= 15 is 0 Å². The molecule has 92 valence electrons. The van der Waals surface area contributed by atoms with Crippen LogP contribution in [0.1, 0.15) is 45.1 Å². The molecular weight excluding hydrogens is 212 g/mol. The maximum Gasteiger partial charge on any atom is 0.240 e. The lowest BCUT2D eigenvalue weighted by atomic mass is 10.1. The number of carbonyl (C=O) groups is 1. The zero-order chi connectivity index (χ0) is 12.5. The van der Waals surface area contributed by atoms with Crippen molar-refractivity contribution in [3.05, 3.63) is 35.9 Å². The van der Waals surface area contributed by atoms with E-state index in [1.54, 1.807) is 0 Å². The average Bonchev–Trinajstić information content (AvgIpc) is 2.37. The first-order valence-electron chi connectivity index (χ1n) is 6.12. The van der Waals surface area contributed by atoms with Crippen LogP contribution < -0.4 is 5.43 Å². The van der Waals surface area contributed by atoms with Crippen LogP contribution in [0.2, 0.25) is 0 Å². The summed E-state index contributed by atoms with van der Waals surface area (Å²) in [6, 6.07) is 9.82. The van der Waals surface area contributed by atoms with Gasteiger partial charge in [-0.15, -0.1) is 0 Å². The molecule has 0 unspecified atom stereocenters. The van der Waals surface area contributed by atoms with E-state index in [9.17, 15) is 4.79 Å². The van der Waals surface area contributed by atoms with Gasteiger partial charge in [-0.1, -0.05) is 50.1 Å². The lowest BCUT2D eigenvalue weighted by Crippen LogP contribution is -2.18. The Morgan fingerprint density at radius 3 is 2.59 bits per heavy atom. The average molecular weight is 232 g/mol. The summed E-state index contributed by atoms with van der Waals surface area (Å²) in [5, 5.41) is 4.09. The van der Waals surface area contributed by atoms with Crippen LogP contribution in [0.5, 0.6) is 0 Å².